The maximum atomic E-state index is 7.50. The van der Waals surface area contributed by atoms with Crippen molar-refractivity contribution in [2.75, 3.05) is 82.8 Å². The average molecular weight is 986 g/mol. The topological polar surface area (TPSA) is 133 Å². The first kappa shape index (κ1) is 65.6. The van der Waals surface area contributed by atoms with Crippen molar-refractivity contribution in [3.05, 3.63) is 0 Å². The van der Waals surface area contributed by atoms with E-state index in [9.17, 15) is 0 Å². The van der Waals surface area contributed by atoms with Crippen LogP contribution in [0.5, 0.6) is 0 Å². The van der Waals surface area contributed by atoms with E-state index in [-0.39, 0.29) is 32.3 Å². The van der Waals surface area contributed by atoms with E-state index < -0.39 is 40.9 Å². The van der Waals surface area contributed by atoms with Crippen LogP contribution in [0, 0.1) is 0 Å². The molecule has 2 aliphatic rings. The number of nitrogens with one attached hydrogen (secondary N) is 4. The van der Waals surface area contributed by atoms with E-state index in [4.69, 9.17) is 80.1 Å². The molecule has 0 bridgehead atoms. The van der Waals surface area contributed by atoms with Crippen molar-refractivity contribution in [1.29, 1.82) is 0 Å². The minimum atomic E-state index is -1.30. The second-order valence-corrected chi connectivity index (χ2v) is 14.7. The van der Waals surface area contributed by atoms with Crippen molar-refractivity contribution < 1.29 is 43.1 Å². The molecule has 0 saturated carbocycles. The monoisotopic (exact) mass is 985 g/mol. The quantitative estimate of drug-likeness (QED) is 0.181. The Labute approximate surface area is 300 Å². The Morgan fingerprint density at radius 2 is 0.667 bits per heavy atom. The Hall–Kier alpha value is 4.04. The van der Waals surface area contributed by atoms with E-state index in [1.54, 1.807) is 0 Å². The number of rotatable bonds is 0. The SMILES string of the molecule is C1CCOC1.C1CCOC1.CC(C)(C)N.CNC.CNC.CNC.CNC.[Cl][Cr][Cl].[Cl][Cr][Cl].[OH][Sn][Cl].[OH][Sn][Cl]. The molecular weight excluding hydrogens is 928 g/mol. The van der Waals surface area contributed by atoms with Crippen LogP contribution in [-0.4, -0.2) is 136 Å². The molecule has 0 amide bonds. The van der Waals surface area contributed by atoms with Crippen molar-refractivity contribution in [2.45, 2.75) is 52.0 Å². The second kappa shape index (κ2) is 90.1. The van der Waals surface area contributed by atoms with Gasteiger partial charge in [0.15, 0.2) is 0 Å². The number of hydrogen-bond donors (Lipinski definition) is 7. The van der Waals surface area contributed by atoms with Crippen LogP contribution in [0.2, 0.25) is 0 Å². The van der Waals surface area contributed by atoms with Gasteiger partial charge in [0.25, 0.3) is 0 Å². The summed E-state index contributed by atoms with van der Waals surface area (Å²) >= 11 is -2.96. The summed E-state index contributed by atoms with van der Waals surface area (Å²) in [5.41, 5.74) is 5.35. The van der Waals surface area contributed by atoms with Crippen LogP contribution >= 0.6 is 58.0 Å². The van der Waals surface area contributed by atoms with E-state index in [2.05, 4.69) is 21.3 Å². The molecule has 0 aliphatic carbocycles. The van der Waals surface area contributed by atoms with Crippen LogP contribution in [0.15, 0.2) is 0 Å². The van der Waals surface area contributed by atoms with E-state index in [0.29, 0.717) is 0 Å². The number of ether oxygens (including phenoxy) is 2. The Morgan fingerprint density at radius 3 is 0.692 bits per heavy atom. The van der Waals surface area contributed by atoms with Gasteiger partial charge >= 0.3 is 133 Å². The molecule has 0 atom stereocenters. The number of nitrogens with two attached hydrogens (primary N) is 1. The van der Waals surface area contributed by atoms with Crippen LogP contribution in [0.1, 0.15) is 46.5 Å². The Kier molecular flexibility index (Phi) is 152. The maximum absolute atomic E-state index is 7.50. The van der Waals surface area contributed by atoms with Gasteiger partial charge in [-0.25, -0.2) is 0 Å². The number of halogens is 6. The van der Waals surface area contributed by atoms with Gasteiger partial charge in [0.1, 0.15) is 0 Å². The van der Waals surface area contributed by atoms with Gasteiger partial charge in [-0.1, -0.05) is 0 Å². The molecule has 0 spiro atoms. The summed E-state index contributed by atoms with van der Waals surface area (Å²) < 4.78 is 24.9. The first-order valence-electron chi connectivity index (χ1n) is 11.4. The molecule has 9 nitrogen and oxygen atoms in total. The van der Waals surface area contributed by atoms with Crippen molar-refractivity contribution >= 4 is 98.9 Å². The first-order chi connectivity index (χ1) is 18.3. The molecule has 0 unspecified atom stereocenters. The van der Waals surface area contributed by atoms with Gasteiger partial charge in [-0.2, -0.15) is 0 Å². The predicted molar refractivity (Wildman–Crippen MR) is 175 cm³/mol. The molecule has 0 aromatic rings. The van der Waals surface area contributed by atoms with Gasteiger partial charge in [-0.05, 0) is 103 Å². The summed E-state index contributed by atoms with van der Waals surface area (Å²) in [5, 5.41) is 11.0. The van der Waals surface area contributed by atoms with E-state index in [1.165, 1.54) is 25.7 Å². The predicted octanol–water partition coefficient (Wildman–Crippen LogP) is 3.94. The third kappa shape index (κ3) is 342. The fraction of sp³-hybridized carbons (Fsp3) is 1.00. The molecule has 2 saturated heterocycles. The summed E-state index contributed by atoms with van der Waals surface area (Å²) in [5.74, 6) is 0. The first-order valence-corrected chi connectivity index (χ1v) is 28.2. The van der Waals surface area contributed by atoms with Crippen molar-refractivity contribution in [1.82, 2.24) is 21.3 Å². The van der Waals surface area contributed by atoms with Gasteiger partial charge in [-0.3, -0.25) is 0 Å². The zero-order chi connectivity index (χ0) is 33.2. The van der Waals surface area contributed by atoms with Gasteiger partial charge in [0.2, 0.25) is 0 Å². The standard InChI is InChI=1S/C4H11N.2C4H8O.4C2H7N.6ClH.2Cr.2H2O.2Sn/c1-4(2,3)5;2*1-2-4-5-3-1;4*1-3-2;;;;;;;;;;;;/h5H2,1-3H3;2*1-4H2;4*3H,1-2H3;6*1H;;;2*1H2;;/q;;;;;;;;;;;;;2*+2;;;2*+2/p-8. The molecule has 39 heavy (non-hydrogen) atoms. The fourth-order valence-electron chi connectivity index (χ4n) is 1.02. The zero-order valence-electron chi connectivity index (χ0n) is 25.5. The normalized spacial score (nSPS) is 11.4. The van der Waals surface area contributed by atoms with Crippen molar-refractivity contribution in [3.63, 3.8) is 0 Å². The molecule has 2 rings (SSSR count). The van der Waals surface area contributed by atoms with Crippen LogP contribution < -0.4 is 27.0 Å². The molecule has 4 radical (unpaired) electrons. The molecule has 19 heteroatoms. The average Bonchev–Trinajstić information content (AvgIpc) is 3.56. The Balaban J connectivity index is -0.0000000367. The van der Waals surface area contributed by atoms with Gasteiger partial charge < -0.3 is 36.5 Å². The fourth-order valence-corrected chi connectivity index (χ4v) is 1.02. The van der Waals surface area contributed by atoms with Gasteiger partial charge in [0.05, 0.1) is 0 Å². The van der Waals surface area contributed by atoms with Gasteiger partial charge in [0, 0.05) is 32.0 Å². The summed E-state index contributed by atoms with van der Waals surface area (Å²) in [7, 11) is 43.8. The second-order valence-electron chi connectivity index (χ2n) is 7.29. The third-order valence-electron chi connectivity index (χ3n) is 1.65. The van der Waals surface area contributed by atoms with Crippen molar-refractivity contribution in [3.8, 4) is 0 Å². The Bertz CT molecular complexity index is 228. The molecular formula is C20H57Cl6Cr2N5O4Sn2. The molecule has 2 aliphatic heterocycles. The Morgan fingerprint density at radius 1 is 0.590 bits per heavy atom. The van der Waals surface area contributed by atoms with E-state index in [1.807, 2.05) is 77.2 Å². The van der Waals surface area contributed by atoms with E-state index in [0.717, 1.165) is 26.4 Å². The van der Waals surface area contributed by atoms with Gasteiger partial charge in [-0.15, -0.1) is 0 Å². The molecule has 0 aromatic carbocycles. The van der Waals surface area contributed by atoms with E-state index >= 15 is 0 Å². The third-order valence-corrected chi connectivity index (χ3v) is 1.65. The van der Waals surface area contributed by atoms with Crippen LogP contribution in [-0.2, 0) is 36.2 Å². The minimum absolute atomic E-state index is 0. The number of hydrogen-bond acceptors (Lipinski definition) is 9. The molecule has 2 heterocycles. The molecule has 8 N–H and O–H groups in total. The molecule has 248 valence electrons. The summed E-state index contributed by atoms with van der Waals surface area (Å²) in [6.45, 7) is 9.90. The van der Waals surface area contributed by atoms with Crippen LogP contribution in [0.25, 0.3) is 0 Å². The van der Waals surface area contributed by atoms with Crippen molar-refractivity contribution in [2.24, 2.45) is 5.73 Å². The summed E-state index contributed by atoms with van der Waals surface area (Å²) in [6.07, 6.45) is 5.11. The van der Waals surface area contributed by atoms with Crippen LogP contribution in [0.4, 0.5) is 0 Å². The zero-order valence-corrected chi connectivity index (χ0v) is 38.3. The van der Waals surface area contributed by atoms with Crippen LogP contribution in [0.3, 0.4) is 0 Å². The molecule has 0 aromatic heterocycles. The summed E-state index contributed by atoms with van der Waals surface area (Å²) in [6, 6.07) is 0. The molecule has 2 fully saturated rings. The summed E-state index contributed by atoms with van der Waals surface area (Å²) in [4.78, 5) is 0.